The van der Waals surface area contributed by atoms with E-state index in [4.69, 9.17) is 0 Å². The SMILES string of the molecule is O=C1C(c2cccs2)=C(N2CCc3ccccc3C2)C(=O)N1C1CCCCC1. The number of carbonyl (C=O) groups is 2. The van der Waals surface area contributed by atoms with Crippen molar-refractivity contribution in [2.45, 2.75) is 51.1 Å². The van der Waals surface area contributed by atoms with E-state index in [1.807, 2.05) is 23.6 Å². The molecule has 3 aliphatic rings. The minimum atomic E-state index is -0.0896. The minimum absolute atomic E-state index is 0.0540. The summed E-state index contributed by atoms with van der Waals surface area (Å²) in [5.74, 6) is -0.173. The maximum Gasteiger partial charge on any atom is 0.278 e. The average Bonchev–Trinajstić information content (AvgIpc) is 3.34. The molecule has 0 bridgehead atoms. The second-order valence-corrected chi connectivity index (χ2v) is 8.86. The molecular weight excluding hydrogens is 368 g/mol. The number of carbonyl (C=O) groups excluding carboxylic acids is 2. The molecule has 0 spiro atoms. The van der Waals surface area contributed by atoms with Crippen LogP contribution in [0.5, 0.6) is 0 Å². The molecule has 1 aromatic carbocycles. The van der Waals surface area contributed by atoms with Crippen LogP contribution in [0.1, 0.15) is 48.1 Å². The summed E-state index contributed by atoms with van der Waals surface area (Å²) in [5, 5.41) is 1.98. The smallest absolute Gasteiger partial charge is 0.278 e. The number of amides is 2. The molecule has 0 saturated heterocycles. The summed E-state index contributed by atoms with van der Waals surface area (Å²) >= 11 is 1.54. The number of rotatable bonds is 3. The van der Waals surface area contributed by atoms with Gasteiger partial charge in [-0.25, -0.2) is 0 Å². The van der Waals surface area contributed by atoms with E-state index >= 15 is 0 Å². The lowest BCUT2D eigenvalue weighted by Gasteiger charge is -2.33. The molecule has 5 heteroatoms. The standard InChI is InChI=1S/C23H24N2O2S/c26-22-20(19-11-6-14-28-19)21(23(27)25(22)18-9-2-1-3-10-18)24-13-12-16-7-4-5-8-17(16)15-24/h4-8,11,14,18H,1-3,9-10,12-13,15H2. The molecule has 0 atom stereocenters. The third-order valence-electron chi connectivity index (χ3n) is 6.25. The number of hydrogen-bond acceptors (Lipinski definition) is 4. The van der Waals surface area contributed by atoms with Gasteiger partial charge in [0.15, 0.2) is 0 Å². The topological polar surface area (TPSA) is 40.6 Å². The molecule has 144 valence electrons. The van der Waals surface area contributed by atoms with Gasteiger partial charge in [0, 0.05) is 24.0 Å². The van der Waals surface area contributed by atoms with Crippen LogP contribution in [0.4, 0.5) is 0 Å². The van der Waals surface area contributed by atoms with Gasteiger partial charge in [-0.05, 0) is 41.8 Å². The Morgan fingerprint density at radius 3 is 2.43 bits per heavy atom. The molecule has 0 N–H and O–H groups in total. The van der Waals surface area contributed by atoms with Crippen molar-refractivity contribution in [3.05, 3.63) is 63.5 Å². The number of fused-ring (bicyclic) bond motifs is 1. The molecule has 2 amide bonds. The molecule has 1 aliphatic carbocycles. The molecule has 0 unspecified atom stereocenters. The normalized spacial score (nSPS) is 20.9. The Kier molecular flexibility index (Phi) is 4.55. The molecule has 2 aromatic rings. The molecule has 1 aromatic heterocycles. The first-order chi connectivity index (χ1) is 13.7. The second kappa shape index (κ2) is 7.21. The van der Waals surface area contributed by atoms with Gasteiger partial charge in [-0.15, -0.1) is 11.3 Å². The molecule has 4 nitrogen and oxygen atoms in total. The average molecular weight is 393 g/mol. The Labute approximate surface area is 169 Å². The van der Waals surface area contributed by atoms with E-state index < -0.39 is 0 Å². The third-order valence-corrected chi connectivity index (χ3v) is 7.13. The van der Waals surface area contributed by atoms with Crippen LogP contribution >= 0.6 is 11.3 Å². The Balaban J connectivity index is 1.54. The van der Waals surface area contributed by atoms with Crippen molar-refractivity contribution >= 4 is 28.7 Å². The number of nitrogens with zero attached hydrogens (tertiary/aromatic N) is 2. The van der Waals surface area contributed by atoms with Crippen LogP contribution in [-0.2, 0) is 22.6 Å². The second-order valence-electron chi connectivity index (χ2n) is 7.91. The Morgan fingerprint density at radius 2 is 1.68 bits per heavy atom. The lowest BCUT2D eigenvalue weighted by molar-refractivity contribution is -0.141. The Bertz CT molecular complexity index is 941. The van der Waals surface area contributed by atoms with E-state index in [0.717, 1.165) is 43.5 Å². The number of benzene rings is 1. The van der Waals surface area contributed by atoms with Gasteiger partial charge in [0.2, 0.25) is 0 Å². The van der Waals surface area contributed by atoms with Crippen LogP contribution in [0.2, 0.25) is 0 Å². The highest BCUT2D eigenvalue weighted by atomic mass is 32.1. The summed E-state index contributed by atoms with van der Waals surface area (Å²) in [4.78, 5) is 31.6. The van der Waals surface area contributed by atoms with E-state index in [-0.39, 0.29) is 17.9 Å². The first-order valence-electron chi connectivity index (χ1n) is 10.2. The molecule has 1 saturated carbocycles. The maximum atomic E-state index is 13.5. The fraction of sp³-hybridized carbons (Fsp3) is 0.391. The zero-order chi connectivity index (χ0) is 19.1. The van der Waals surface area contributed by atoms with Crippen LogP contribution in [0.15, 0.2) is 47.5 Å². The minimum Gasteiger partial charge on any atom is -0.362 e. The molecule has 1 fully saturated rings. The van der Waals surface area contributed by atoms with E-state index in [0.29, 0.717) is 17.8 Å². The summed E-state index contributed by atoms with van der Waals surface area (Å²) in [6.07, 6.45) is 6.18. The predicted octanol–water partition coefficient (Wildman–Crippen LogP) is 4.22. The van der Waals surface area contributed by atoms with E-state index in [1.54, 1.807) is 16.2 Å². The molecule has 5 rings (SSSR count). The van der Waals surface area contributed by atoms with Crippen molar-refractivity contribution < 1.29 is 9.59 Å². The van der Waals surface area contributed by atoms with Crippen LogP contribution in [0.3, 0.4) is 0 Å². The van der Waals surface area contributed by atoms with Gasteiger partial charge in [-0.2, -0.15) is 0 Å². The van der Waals surface area contributed by atoms with Gasteiger partial charge in [-0.3, -0.25) is 14.5 Å². The maximum absolute atomic E-state index is 13.5. The van der Waals surface area contributed by atoms with E-state index in [9.17, 15) is 9.59 Å². The zero-order valence-corrected chi connectivity index (χ0v) is 16.7. The van der Waals surface area contributed by atoms with Gasteiger partial charge in [0.05, 0.1) is 5.57 Å². The fourth-order valence-electron chi connectivity index (χ4n) is 4.83. The Morgan fingerprint density at radius 1 is 0.893 bits per heavy atom. The van der Waals surface area contributed by atoms with Crippen LogP contribution in [0.25, 0.3) is 5.57 Å². The molecular formula is C23H24N2O2S. The van der Waals surface area contributed by atoms with Crippen LogP contribution in [-0.4, -0.2) is 34.2 Å². The van der Waals surface area contributed by atoms with Gasteiger partial charge in [0.1, 0.15) is 5.70 Å². The lowest BCUT2D eigenvalue weighted by Crippen LogP contribution is -2.44. The predicted molar refractivity (Wildman–Crippen MR) is 111 cm³/mol. The monoisotopic (exact) mass is 392 g/mol. The highest BCUT2D eigenvalue weighted by molar-refractivity contribution is 7.11. The number of thiophene rings is 1. The zero-order valence-electron chi connectivity index (χ0n) is 15.9. The van der Waals surface area contributed by atoms with Crippen LogP contribution in [0, 0.1) is 0 Å². The van der Waals surface area contributed by atoms with Gasteiger partial charge in [-0.1, -0.05) is 49.6 Å². The molecule has 3 heterocycles. The summed E-state index contributed by atoms with van der Waals surface area (Å²) < 4.78 is 0. The molecule has 0 radical (unpaired) electrons. The van der Waals surface area contributed by atoms with Crippen molar-refractivity contribution in [2.75, 3.05) is 6.54 Å². The highest BCUT2D eigenvalue weighted by Crippen LogP contribution is 2.38. The molecule has 2 aliphatic heterocycles. The lowest BCUT2D eigenvalue weighted by atomic mass is 9.94. The number of imide groups is 1. The van der Waals surface area contributed by atoms with Crippen LogP contribution < -0.4 is 0 Å². The van der Waals surface area contributed by atoms with Crippen molar-refractivity contribution in [1.82, 2.24) is 9.80 Å². The highest BCUT2D eigenvalue weighted by Gasteiger charge is 2.45. The van der Waals surface area contributed by atoms with E-state index in [1.165, 1.54) is 17.5 Å². The first kappa shape index (κ1) is 17.7. The number of hydrogen-bond donors (Lipinski definition) is 0. The van der Waals surface area contributed by atoms with Crippen molar-refractivity contribution in [3.8, 4) is 0 Å². The van der Waals surface area contributed by atoms with E-state index in [2.05, 4.69) is 23.1 Å². The Hall–Kier alpha value is -2.40. The summed E-state index contributed by atoms with van der Waals surface area (Å²) in [6.45, 7) is 1.47. The summed E-state index contributed by atoms with van der Waals surface area (Å²) in [5.41, 5.74) is 3.83. The van der Waals surface area contributed by atoms with Gasteiger partial charge < -0.3 is 4.90 Å². The summed E-state index contributed by atoms with van der Waals surface area (Å²) in [6, 6.07) is 12.4. The molecule has 28 heavy (non-hydrogen) atoms. The third kappa shape index (κ3) is 2.89. The first-order valence-corrected chi connectivity index (χ1v) is 11.1. The largest absolute Gasteiger partial charge is 0.362 e. The van der Waals surface area contributed by atoms with Gasteiger partial charge >= 0.3 is 0 Å². The van der Waals surface area contributed by atoms with Crippen molar-refractivity contribution in [2.24, 2.45) is 0 Å². The van der Waals surface area contributed by atoms with Crippen molar-refractivity contribution in [3.63, 3.8) is 0 Å². The van der Waals surface area contributed by atoms with Gasteiger partial charge in [0.25, 0.3) is 11.8 Å². The quantitative estimate of drug-likeness (QED) is 0.735. The fourth-order valence-corrected chi connectivity index (χ4v) is 5.59. The van der Waals surface area contributed by atoms with Crippen molar-refractivity contribution in [1.29, 1.82) is 0 Å². The summed E-state index contributed by atoms with van der Waals surface area (Å²) in [7, 11) is 0.